The van der Waals surface area contributed by atoms with Crippen LogP contribution in [0.15, 0.2) is 42.6 Å². The van der Waals surface area contributed by atoms with Gasteiger partial charge < -0.3 is 10.4 Å². The minimum absolute atomic E-state index is 0.00499. The van der Waals surface area contributed by atoms with Crippen LogP contribution in [0.25, 0.3) is 0 Å². The zero-order chi connectivity index (χ0) is 12.3. The Kier molecular flexibility index (Phi) is 6.75. The lowest BCUT2D eigenvalue weighted by Gasteiger charge is -2.00. The Balaban J connectivity index is 2.17. The van der Waals surface area contributed by atoms with Gasteiger partial charge in [-0.15, -0.1) is 0 Å². The SMILES string of the molecule is O=C(Cc1ccccc1)NC=CCCCCO. The van der Waals surface area contributed by atoms with Crippen LogP contribution in [0.5, 0.6) is 0 Å². The van der Waals surface area contributed by atoms with E-state index in [0.717, 1.165) is 24.8 Å². The lowest BCUT2D eigenvalue weighted by Crippen LogP contribution is -2.19. The van der Waals surface area contributed by atoms with Gasteiger partial charge in [-0.2, -0.15) is 0 Å². The lowest BCUT2D eigenvalue weighted by molar-refractivity contribution is -0.119. The van der Waals surface area contributed by atoms with Gasteiger partial charge in [0.05, 0.1) is 6.42 Å². The first kappa shape index (κ1) is 13.5. The summed E-state index contributed by atoms with van der Waals surface area (Å²) in [6, 6.07) is 9.65. The minimum Gasteiger partial charge on any atom is -0.396 e. The van der Waals surface area contributed by atoms with E-state index in [4.69, 9.17) is 5.11 Å². The molecule has 0 fully saturated rings. The van der Waals surface area contributed by atoms with Crippen LogP contribution in [0.3, 0.4) is 0 Å². The molecule has 1 aromatic carbocycles. The first-order chi connectivity index (χ1) is 8.33. The van der Waals surface area contributed by atoms with E-state index in [1.54, 1.807) is 6.20 Å². The first-order valence-corrected chi connectivity index (χ1v) is 5.92. The number of allylic oxidation sites excluding steroid dienone is 1. The third-order valence-corrected chi connectivity index (χ3v) is 2.35. The molecule has 0 aliphatic rings. The van der Waals surface area contributed by atoms with Crippen LogP contribution in [-0.4, -0.2) is 17.6 Å². The van der Waals surface area contributed by atoms with Gasteiger partial charge in [-0.05, 0) is 31.0 Å². The maximum absolute atomic E-state index is 11.5. The predicted octanol–water partition coefficient (Wildman–Crippen LogP) is 2.02. The van der Waals surface area contributed by atoms with Crippen molar-refractivity contribution in [2.24, 2.45) is 0 Å². The van der Waals surface area contributed by atoms with E-state index in [-0.39, 0.29) is 12.5 Å². The van der Waals surface area contributed by atoms with Gasteiger partial charge in [0.25, 0.3) is 0 Å². The van der Waals surface area contributed by atoms with Gasteiger partial charge in [0.15, 0.2) is 0 Å². The quantitative estimate of drug-likeness (QED) is 0.708. The van der Waals surface area contributed by atoms with Crippen LogP contribution in [0.2, 0.25) is 0 Å². The monoisotopic (exact) mass is 233 g/mol. The molecule has 0 unspecified atom stereocenters. The molecule has 0 saturated heterocycles. The Morgan fingerprint density at radius 1 is 1.24 bits per heavy atom. The summed E-state index contributed by atoms with van der Waals surface area (Å²) in [7, 11) is 0. The fraction of sp³-hybridized carbons (Fsp3) is 0.357. The Morgan fingerprint density at radius 3 is 2.71 bits per heavy atom. The van der Waals surface area contributed by atoms with E-state index in [9.17, 15) is 4.79 Å². The van der Waals surface area contributed by atoms with E-state index < -0.39 is 0 Å². The smallest absolute Gasteiger partial charge is 0.228 e. The van der Waals surface area contributed by atoms with Gasteiger partial charge in [0, 0.05) is 6.61 Å². The van der Waals surface area contributed by atoms with Crippen LogP contribution in [0, 0.1) is 0 Å². The molecule has 0 aliphatic heterocycles. The van der Waals surface area contributed by atoms with E-state index in [1.807, 2.05) is 36.4 Å². The van der Waals surface area contributed by atoms with Crippen molar-refractivity contribution < 1.29 is 9.90 Å². The second-order valence-electron chi connectivity index (χ2n) is 3.85. The summed E-state index contributed by atoms with van der Waals surface area (Å²) >= 11 is 0. The first-order valence-electron chi connectivity index (χ1n) is 5.92. The zero-order valence-corrected chi connectivity index (χ0v) is 9.93. The van der Waals surface area contributed by atoms with Gasteiger partial charge in [0.1, 0.15) is 0 Å². The third-order valence-electron chi connectivity index (χ3n) is 2.35. The number of hydrogen-bond donors (Lipinski definition) is 2. The molecule has 3 heteroatoms. The summed E-state index contributed by atoms with van der Waals surface area (Å²) in [6.45, 7) is 0.230. The van der Waals surface area contributed by atoms with E-state index in [0.29, 0.717) is 6.42 Å². The second-order valence-corrected chi connectivity index (χ2v) is 3.85. The number of hydrogen-bond acceptors (Lipinski definition) is 2. The molecule has 0 heterocycles. The van der Waals surface area contributed by atoms with Gasteiger partial charge in [0.2, 0.25) is 5.91 Å². The number of unbranched alkanes of at least 4 members (excludes halogenated alkanes) is 2. The maximum Gasteiger partial charge on any atom is 0.228 e. The molecule has 2 N–H and O–H groups in total. The minimum atomic E-state index is -0.00499. The van der Waals surface area contributed by atoms with Crippen LogP contribution >= 0.6 is 0 Å². The molecule has 0 aliphatic carbocycles. The Morgan fingerprint density at radius 2 is 2.00 bits per heavy atom. The zero-order valence-electron chi connectivity index (χ0n) is 9.93. The van der Waals surface area contributed by atoms with Gasteiger partial charge in [-0.3, -0.25) is 4.79 Å². The molecule has 1 rings (SSSR count). The Hall–Kier alpha value is -1.61. The van der Waals surface area contributed by atoms with Crippen molar-refractivity contribution in [3.8, 4) is 0 Å². The van der Waals surface area contributed by atoms with E-state index in [1.165, 1.54) is 0 Å². The maximum atomic E-state index is 11.5. The largest absolute Gasteiger partial charge is 0.396 e. The van der Waals surface area contributed by atoms with Crippen molar-refractivity contribution >= 4 is 5.91 Å². The molecule has 0 aromatic heterocycles. The van der Waals surface area contributed by atoms with Crippen molar-refractivity contribution in [2.75, 3.05) is 6.61 Å². The lowest BCUT2D eigenvalue weighted by atomic mass is 10.1. The number of nitrogens with one attached hydrogen (secondary N) is 1. The molecule has 3 nitrogen and oxygen atoms in total. The van der Waals surface area contributed by atoms with Gasteiger partial charge >= 0.3 is 0 Å². The summed E-state index contributed by atoms with van der Waals surface area (Å²) in [4.78, 5) is 11.5. The van der Waals surface area contributed by atoms with Gasteiger partial charge in [-0.25, -0.2) is 0 Å². The number of aliphatic hydroxyl groups excluding tert-OH is 1. The number of amides is 1. The molecule has 17 heavy (non-hydrogen) atoms. The van der Waals surface area contributed by atoms with E-state index in [2.05, 4.69) is 5.32 Å². The number of aliphatic hydroxyl groups is 1. The fourth-order valence-corrected chi connectivity index (χ4v) is 1.44. The predicted molar refractivity (Wildman–Crippen MR) is 68.4 cm³/mol. The number of carbonyl (C=O) groups excluding carboxylic acids is 1. The third kappa shape index (κ3) is 6.53. The average Bonchev–Trinajstić information content (AvgIpc) is 2.35. The molecule has 1 amide bonds. The highest BCUT2D eigenvalue weighted by atomic mass is 16.2. The molecule has 0 spiro atoms. The highest BCUT2D eigenvalue weighted by Crippen LogP contribution is 1.99. The molecule has 0 saturated carbocycles. The van der Waals surface area contributed by atoms with Crippen LogP contribution < -0.4 is 5.32 Å². The molecular formula is C14H19NO2. The summed E-state index contributed by atoms with van der Waals surface area (Å²) in [6.07, 6.45) is 6.64. The summed E-state index contributed by atoms with van der Waals surface area (Å²) in [5.41, 5.74) is 1.01. The van der Waals surface area contributed by atoms with Crippen LogP contribution in [0.4, 0.5) is 0 Å². The van der Waals surface area contributed by atoms with Crippen molar-refractivity contribution in [1.82, 2.24) is 5.32 Å². The summed E-state index contributed by atoms with van der Waals surface area (Å²) < 4.78 is 0. The highest BCUT2D eigenvalue weighted by molar-refractivity contribution is 5.79. The summed E-state index contributed by atoms with van der Waals surface area (Å²) in [5, 5.41) is 11.3. The van der Waals surface area contributed by atoms with Crippen LogP contribution in [0.1, 0.15) is 24.8 Å². The Bertz CT molecular complexity index is 346. The molecule has 0 radical (unpaired) electrons. The number of benzene rings is 1. The molecule has 0 atom stereocenters. The summed E-state index contributed by atoms with van der Waals surface area (Å²) in [5.74, 6) is -0.00499. The second kappa shape index (κ2) is 8.53. The van der Waals surface area contributed by atoms with E-state index >= 15 is 0 Å². The average molecular weight is 233 g/mol. The van der Waals surface area contributed by atoms with Crippen molar-refractivity contribution in [3.63, 3.8) is 0 Å². The normalized spacial score (nSPS) is 10.6. The number of carbonyl (C=O) groups is 1. The molecule has 0 bridgehead atoms. The standard InChI is InChI=1S/C14H19NO2/c16-11-7-2-1-6-10-15-14(17)12-13-8-4-3-5-9-13/h3-6,8-10,16H,1-2,7,11-12H2,(H,15,17). The van der Waals surface area contributed by atoms with Crippen molar-refractivity contribution in [2.45, 2.75) is 25.7 Å². The molecular weight excluding hydrogens is 214 g/mol. The topological polar surface area (TPSA) is 49.3 Å². The Labute approximate surface area is 102 Å². The van der Waals surface area contributed by atoms with Crippen molar-refractivity contribution in [1.29, 1.82) is 0 Å². The number of rotatable bonds is 7. The van der Waals surface area contributed by atoms with Crippen LogP contribution in [-0.2, 0) is 11.2 Å². The van der Waals surface area contributed by atoms with Gasteiger partial charge in [-0.1, -0.05) is 36.4 Å². The fourth-order valence-electron chi connectivity index (χ4n) is 1.44. The molecule has 1 aromatic rings. The highest BCUT2D eigenvalue weighted by Gasteiger charge is 1.99. The van der Waals surface area contributed by atoms with Crippen molar-refractivity contribution in [3.05, 3.63) is 48.2 Å². The molecule has 92 valence electrons.